The highest BCUT2D eigenvalue weighted by atomic mass is 32.1. The van der Waals surface area contributed by atoms with Gasteiger partial charge in [-0.3, -0.25) is 9.36 Å². The number of hydrogen-bond acceptors (Lipinski definition) is 3. The van der Waals surface area contributed by atoms with Crippen molar-refractivity contribution in [1.29, 1.82) is 0 Å². The van der Waals surface area contributed by atoms with E-state index in [2.05, 4.69) is 29.2 Å². The van der Waals surface area contributed by atoms with E-state index in [1.54, 1.807) is 0 Å². The second kappa shape index (κ2) is 8.63. The number of unbranched alkanes of at least 4 members (excludes halogenated alkanes) is 1. The molecule has 1 aromatic carbocycles. The number of aryl methyl sites for hydroxylation is 1. The number of fused-ring (bicyclic) bond motifs is 1. The van der Waals surface area contributed by atoms with E-state index in [-0.39, 0.29) is 4.87 Å². The molecule has 0 saturated carbocycles. The van der Waals surface area contributed by atoms with E-state index in [0.717, 1.165) is 23.2 Å². The van der Waals surface area contributed by atoms with Crippen LogP contribution < -0.4 is 4.87 Å². The summed E-state index contributed by atoms with van der Waals surface area (Å²) in [4.78, 5) is 15.1. The van der Waals surface area contributed by atoms with Crippen molar-refractivity contribution < 1.29 is 0 Å². The van der Waals surface area contributed by atoms with Gasteiger partial charge in [-0.1, -0.05) is 42.4 Å². The summed E-state index contributed by atoms with van der Waals surface area (Å²) in [6.07, 6.45) is 11.9. The molecule has 1 fully saturated rings. The Morgan fingerprint density at radius 1 is 1.08 bits per heavy atom. The first-order chi connectivity index (χ1) is 11.8. The molecule has 3 rings (SSSR count). The monoisotopic (exact) mass is 344 g/mol. The van der Waals surface area contributed by atoms with E-state index >= 15 is 0 Å². The van der Waals surface area contributed by atoms with Crippen LogP contribution >= 0.6 is 11.3 Å². The molecule has 2 aromatic rings. The smallest absolute Gasteiger partial charge is 0.303 e. The maximum Gasteiger partial charge on any atom is 0.308 e. The third kappa shape index (κ3) is 4.37. The first-order valence-electron chi connectivity index (χ1n) is 9.26. The summed E-state index contributed by atoms with van der Waals surface area (Å²) in [5.74, 6) is 0. The fraction of sp³-hybridized carbons (Fsp3) is 0.550. The van der Waals surface area contributed by atoms with Crippen molar-refractivity contribution >= 4 is 27.6 Å². The zero-order valence-corrected chi connectivity index (χ0v) is 15.5. The minimum absolute atomic E-state index is 0.178. The fourth-order valence-corrected chi connectivity index (χ4v) is 4.52. The lowest BCUT2D eigenvalue weighted by Crippen LogP contribution is -2.26. The van der Waals surface area contributed by atoms with Gasteiger partial charge in [-0.25, -0.2) is 0 Å². The average molecular weight is 345 g/mol. The van der Waals surface area contributed by atoms with Gasteiger partial charge in [0.05, 0.1) is 10.2 Å². The van der Waals surface area contributed by atoms with Gasteiger partial charge >= 0.3 is 4.87 Å². The van der Waals surface area contributed by atoms with E-state index in [1.807, 2.05) is 17.6 Å². The summed E-state index contributed by atoms with van der Waals surface area (Å²) in [7, 11) is 0. The molecular weight excluding hydrogens is 316 g/mol. The minimum Gasteiger partial charge on any atom is -0.303 e. The number of benzene rings is 1. The van der Waals surface area contributed by atoms with Crippen LogP contribution in [0.4, 0.5) is 0 Å². The normalized spacial score (nSPS) is 16.9. The summed E-state index contributed by atoms with van der Waals surface area (Å²) < 4.78 is 3.06. The number of allylic oxidation sites excluding steroid dienone is 1. The Morgan fingerprint density at radius 3 is 2.58 bits per heavy atom. The highest BCUT2D eigenvalue weighted by Gasteiger charge is 2.10. The number of aromatic nitrogens is 1. The summed E-state index contributed by atoms with van der Waals surface area (Å²) in [6, 6.07) is 6.31. The van der Waals surface area contributed by atoms with Gasteiger partial charge in [0.2, 0.25) is 0 Å². The Bertz CT molecular complexity index is 736. The Kier molecular flexibility index (Phi) is 6.27. The van der Waals surface area contributed by atoms with Crippen molar-refractivity contribution in [3.63, 3.8) is 0 Å². The maximum absolute atomic E-state index is 12.3. The van der Waals surface area contributed by atoms with Gasteiger partial charge in [0.1, 0.15) is 0 Å². The van der Waals surface area contributed by atoms with Crippen molar-refractivity contribution in [2.24, 2.45) is 0 Å². The molecule has 1 aliphatic rings. The van der Waals surface area contributed by atoms with Crippen LogP contribution in [0.5, 0.6) is 0 Å². The van der Waals surface area contributed by atoms with Crippen LogP contribution in [0.2, 0.25) is 0 Å². The number of thiazole rings is 1. The summed E-state index contributed by atoms with van der Waals surface area (Å²) >= 11 is 1.37. The van der Waals surface area contributed by atoms with Gasteiger partial charge in [-0.2, -0.15) is 0 Å². The van der Waals surface area contributed by atoms with E-state index in [9.17, 15) is 4.79 Å². The molecule has 0 bridgehead atoms. The number of likely N-dealkylation sites (tertiary alicyclic amines) is 1. The molecule has 0 radical (unpaired) electrons. The molecule has 0 atom stereocenters. The average Bonchev–Trinajstić information content (AvgIpc) is 2.75. The quantitative estimate of drug-likeness (QED) is 0.706. The molecule has 0 spiro atoms. The highest BCUT2D eigenvalue weighted by Crippen LogP contribution is 2.20. The molecule has 0 unspecified atom stereocenters. The summed E-state index contributed by atoms with van der Waals surface area (Å²) in [5.41, 5.74) is 2.26. The molecule has 1 saturated heterocycles. The van der Waals surface area contributed by atoms with Gasteiger partial charge in [0, 0.05) is 6.54 Å². The predicted molar refractivity (Wildman–Crippen MR) is 105 cm³/mol. The topological polar surface area (TPSA) is 25.2 Å². The number of hydrogen-bond donors (Lipinski definition) is 0. The molecule has 1 aliphatic heterocycles. The maximum atomic E-state index is 12.3. The molecule has 2 heterocycles. The zero-order chi connectivity index (χ0) is 16.8. The Morgan fingerprint density at radius 2 is 1.83 bits per heavy atom. The molecular formula is C20H28N2OS. The van der Waals surface area contributed by atoms with E-state index in [0.29, 0.717) is 0 Å². The van der Waals surface area contributed by atoms with Gasteiger partial charge in [0.15, 0.2) is 0 Å². The van der Waals surface area contributed by atoms with Crippen LogP contribution in [-0.4, -0.2) is 29.1 Å². The number of nitrogens with zero attached hydrogens (tertiary/aromatic N) is 2. The molecule has 24 heavy (non-hydrogen) atoms. The minimum atomic E-state index is 0.178. The number of rotatable bonds is 6. The lowest BCUT2D eigenvalue weighted by Gasteiger charge is -2.19. The van der Waals surface area contributed by atoms with Gasteiger partial charge in [0.25, 0.3) is 0 Å². The largest absolute Gasteiger partial charge is 0.308 e. The first-order valence-corrected chi connectivity index (χ1v) is 10.1. The van der Waals surface area contributed by atoms with Crippen LogP contribution in [0, 0.1) is 0 Å². The van der Waals surface area contributed by atoms with Crippen molar-refractivity contribution in [3.05, 3.63) is 39.5 Å². The van der Waals surface area contributed by atoms with Crippen LogP contribution in [0.1, 0.15) is 51.0 Å². The van der Waals surface area contributed by atoms with Gasteiger partial charge in [-0.15, -0.1) is 0 Å². The van der Waals surface area contributed by atoms with E-state index < -0.39 is 0 Å². The summed E-state index contributed by atoms with van der Waals surface area (Å²) in [5, 5.41) is 0. The third-order valence-electron chi connectivity index (χ3n) is 4.86. The Hall–Kier alpha value is -1.39. The van der Waals surface area contributed by atoms with Crippen LogP contribution in [0.3, 0.4) is 0 Å². The van der Waals surface area contributed by atoms with Crippen LogP contribution in [0.15, 0.2) is 29.1 Å². The lowest BCUT2D eigenvalue weighted by molar-refractivity contribution is 0.277. The highest BCUT2D eigenvalue weighted by molar-refractivity contribution is 7.16. The standard InChI is InChI=1S/C20H28N2OS/c1-2-9-17-10-11-18-19(16-17)24-20(23)22(18)15-8-7-14-21-12-5-3-4-6-13-21/h2,9-11,16H,3-8,12-15H2,1H3. The van der Waals surface area contributed by atoms with Crippen LogP contribution in [0.25, 0.3) is 16.3 Å². The molecule has 3 nitrogen and oxygen atoms in total. The molecule has 0 amide bonds. The van der Waals surface area contributed by atoms with E-state index in [1.165, 1.54) is 68.6 Å². The summed E-state index contributed by atoms with van der Waals surface area (Å²) in [6.45, 7) is 6.56. The molecule has 0 aliphatic carbocycles. The molecule has 0 N–H and O–H groups in total. The van der Waals surface area contributed by atoms with Crippen molar-refractivity contribution in [1.82, 2.24) is 9.47 Å². The Balaban J connectivity index is 1.58. The second-order valence-electron chi connectivity index (χ2n) is 6.71. The molecule has 1 aromatic heterocycles. The second-order valence-corrected chi connectivity index (χ2v) is 7.70. The van der Waals surface area contributed by atoms with E-state index in [4.69, 9.17) is 0 Å². The van der Waals surface area contributed by atoms with Gasteiger partial charge in [-0.05, 0) is 69.9 Å². The lowest BCUT2D eigenvalue weighted by atomic mass is 10.2. The van der Waals surface area contributed by atoms with Gasteiger partial charge < -0.3 is 4.90 Å². The SMILES string of the molecule is CC=Cc1ccc2c(c1)sc(=O)n2CCCCN1CCCCCC1. The van der Waals surface area contributed by atoms with Crippen molar-refractivity contribution in [2.45, 2.75) is 52.0 Å². The predicted octanol–water partition coefficient (Wildman–Crippen LogP) is 4.75. The molecule has 4 heteroatoms. The fourth-order valence-electron chi connectivity index (χ4n) is 3.56. The zero-order valence-electron chi connectivity index (χ0n) is 14.7. The Labute approximate surface area is 148 Å². The van der Waals surface area contributed by atoms with Crippen molar-refractivity contribution in [2.75, 3.05) is 19.6 Å². The molecule has 130 valence electrons. The van der Waals surface area contributed by atoms with Crippen molar-refractivity contribution in [3.8, 4) is 0 Å². The third-order valence-corrected chi connectivity index (χ3v) is 5.80. The van der Waals surface area contributed by atoms with Crippen LogP contribution in [-0.2, 0) is 6.54 Å². The first kappa shape index (κ1) is 17.4.